The van der Waals surface area contributed by atoms with Crippen molar-refractivity contribution in [2.24, 2.45) is 0 Å². The number of hydrogen-bond donors (Lipinski definition) is 0. The van der Waals surface area contributed by atoms with Gasteiger partial charge >= 0.3 is 6.04 Å². The predicted molar refractivity (Wildman–Crippen MR) is 26.4 cm³/mol. The van der Waals surface area contributed by atoms with Crippen LogP contribution in [-0.4, -0.2) is 25.5 Å². The molecule has 0 aromatic heterocycles. The van der Waals surface area contributed by atoms with Crippen LogP contribution in [0.2, 0.25) is 0 Å². The molecule has 0 bridgehead atoms. The standard InChI is InChI=1S/C5H7FO3/c6-5(4-7)8-2-1-3-9-5/h4H,1-3H2. The van der Waals surface area contributed by atoms with Gasteiger partial charge in [0.25, 0.3) is 0 Å². The van der Waals surface area contributed by atoms with Gasteiger partial charge in [0, 0.05) is 0 Å². The quantitative estimate of drug-likeness (QED) is 0.482. The highest BCUT2D eigenvalue weighted by molar-refractivity contribution is 5.57. The van der Waals surface area contributed by atoms with Crippen molar-refractivity contribution in [3.8, 4) is 0 Å². The number of aldehydes is 1. The molecule has 0 amide bonds. The zero-order chi connectivity index (χ0) is 6.74. The van der Waals surface area contributed by atoms with E-state index in [1.54, 1.807) is 0 Å². The summed E-state index contributed by atoms with van der Waals surface area (Å²) in [5, 5.41) is 0. The fourth-order valence-corrected chi connectivity index (χ4v) is 0.591. The lowest BCUT2D eigenvalue weighted by molar-refractivity contribution is -0.308. The van der Waals surface area contributed by atoms with Crippen molar-refractivity contribution in [3.63, 3.8) is 0 Å². The molecule has 0 spiro atoms. The first-order chi connectivity index (χ1) is 4.27. The highest BCUT2D eigenvalue weighted by Gasteiger charge is 2.33. The first kappa shape index (κ1) is 6.64. The van der Waals surface area contributed by atoms with Gasteiger partial charge in [-0.1, -0.05) is 0 Å². The van der Waals surface area contributed by atoms with E-state index in [9.17, 15) is 9.18 Å². The third-order valence-electron chi connectivity index (χ3n) is 1.03. The summed E-state index contributed by atoms with van der Waals surface area (Å²) in [6, 6.07) is -2.46. The monoisotopic (exact) mass is 134 g/mol. The first-order valence-electron chi connectivity index (χ1n) is 2.70. The number of alkyl halides is 1. The van der Waals surface area contributed by atoms with E-state index >= 15 is 0 Å². The summed E-state index contributed by atoms with van der Waals surface area (Å²) in [7, 11) is 0. The molecule has 52 valence electrons. The number of ether oxygens (including phenoxy) is 2. The molecule has 1 heterocycles. The SMILES string of the molecule is O=CC1(F)OCCCO1. The fourth-order valence-electron chi connectivity index (χ4n) is 0.591. The van der Waals surface area contributed by atoms with Crippen LogP contribution >= 0.6 is 0 Å². The summed E-state index contributed by atoms with van der Waals surface area (Å²) < 4.78 is 21.2. The molecule has 0 radical (unpaired) electrons. The van der Waals surface area contributed by atoms with E-state index in [0.717, 1.165) is 0 Å². The molecule has 0 N–H and O–H groups in total. The zero-order valence-corrected chi connectivity index (χ0v) is 4.80. The van der Waals surface area contributed by atoms with Crippen LogP contribution in [0.5, 0.6) is 0 Å². The van der Waals surface area contributed by atoms with Crippen molar-refractivity contribution in [2.45, 2.75) is 12.5 Å². The van der Waals surface area contributed by atoms with Gasteiger partial charge < -0.3 is 9.47 Å². The van der Waals surface area contributed by atoms with Crippen molar-refractivity contribution < 1.29 is 18.7 Å². The van der Waals surface area contributed by atoms with Gasteiger partial charge in [-0.05, 0) is 6.42 Å². The summed E-state index contributed by atoms with van der Waals surface area (Å²) in [6.07, 6.45) is 0.658. The third kappa shape index (κ3) is 1.46. The summed E-state index contributed by atoms with van der Waals surface area (Å²) >= 11 is 0. The molecule has 3 nitrogen and oxygen atoms in total. The molecule has 0 atom stereocenters. The second-order valence-electron chi connectivity index (χ2n) is 1.75. The van der Waals surface area contributed by atoms with E-state index in [2.05, 4.69) is 9.47 Å². The van der Waals surface area contributed by atoms with Crippen molar-refractivity contribution in [3.05, 3.63) is 0 Å². The second kappa shape index (κ2) is 2.41. The van der Waals surface area contributed by atoms with Crippen LogP contribution in [0.25, 0.3) is 0 Å². The van der Waals surface area contributed by atoms with Crippen molar-refractivity contribution in [1.82, 2.24) is 0 Å². The molecule has 1 saturated heterocycles. The largest absolute Gasteiger partial charge is 0.379 e. The maximum atomic E-state index is 12.5. The molecule has 0 aromatic rings. The van der Waals surface area contributed by atoms with Crippen molar-refractivity contribution in [2.75, 3.05) is 13.2 Å². The van der Waals surface area contributed by atoms with E-state index in [0.29, 0.717) is 6.42 Å². The Morgan fingerprint density at radius 1 is 1.44 bits per heavy atom. The number of rotatable bonds is 1. The Morgan fingerprint density at radius 2 is 2.00 bits per heavy atom. The molecule has 0 aliphatic carbocycles. The van der Waals surface area contributed by atoms with E-state index in [-0.39, 0.29) is 19.5 Å². The average molecular weight is 134 g/mol. The van der Waals surface area contributed by atoms with Gasteiger partial charge in [-0.2, -0.15) is 4.39 Å². The number of carbonyl (C=O) groups excluding carboxylic acids is 1. The highest BCUT2D eigenvalue weighted by atomic mass is 19.2. The minimum atomic E-state index is -2.46. The molecular formula is C5H7FO3. The van der Waals surface area contributed by atoms with Crippen LogP contribution in [0, 0.1) is 0 Å². The predicted octanol–water partition coefficient (Wildman–Crippen LogP) is 0.245. The molecular weight excluding hydrogens is 127 g/mol. The fraction of sp³-hybridized carbons (Fsp3) is 0.800. The molecule has 4 heteroatoms. The van der Waals surface area contributed by atoms with Gasteiger partial charge in [0.05, 0.1) is 13.2 Å². The normalized spacial score (nSPS) is 25.4. The van der Waals surface area contributed by atoms with Crippen LogP contribution in [0.15, 0.2) is 0 Å². The van der Waals surface area contributed by atoms with Gasteiger partial charge in [-0.15, -0.1) is 0 Å². The molecule has 0 aromatic carbocycles. The Hall–Kier alpha value is -0.480. The number of carbonyl (C=O) groups is 1. The Bertz CT molecular complexity index is 109. The molecule has 1 aliphatic heterocycles. The van der Waals surface area contributed by atoms with E-state index in [1.807, 2.05) is 0 Å². The number of halogens is 1. The highest BCUT2D eigenvalue weighted by Crippen LogP contribution is 2.16. The Labute approximate surface area is 51.7 Å². The van der Waals surface area contributed by atoms with Crippen LogP contribution in [-0.2, 0) is 14.3 Å². The Balaban J connectivity index is 2.46. The molecule has 1 fully saturated rings. The Kier molecular flexibility index (Phi) is 1.78. The average Bonchev–Trinajstić information content (AvgIpc) is 1.90. The van der Waals surface area contributed by atoms with Crippen LogP contribution in [0.3, 0.4) is 0 Å². The third-order valence-corrected chi connectivity index (χ3v) is 1.03. The zero-order valence-electron chi connectivity index (χ0n) is 4.80. The molecule has 1 rings (SSSR count). The van der Waals surface area contributed by atoms with Crippen LogP contribution in [0.1, 0.15) is 6.42 Å². The van der Waals surface area contributed by atoms with Gasteiger partial charge in [0.2, 0.25) is 6.29 Å². The second-order valence-corrected chi connectivity index (χ2v) is 1.75. The van der Waals surface area contributed by atoms with Gasteiger partial charge in [-0.3, -0.25) is 4.79 Å². The lowest BCUT2D eigenvalue weighted by Gasteiger charge is -2.23. The molecule has 0 unspecified atom stereocenters. The molecule has 1 aliphatic rings. The smallest absolute Gasteiger partial charge is 0.318 e. The number of hydrogen-bond acceptors (Lipinski definition) is 3. The first-order valence-corrected chi connectivity index (χ1v) is 2.70. The van der Waals surface area contributed by atoms with Crippen LogP contribution in [0.4, 0.5) is 4.39 Å². The molecule has 0 saturated carbocycles. The topological polar surface area (TPSA) is 35.5 Å². The summed E-state index contributed by atoms with van der Waals surface area (Å²) in [5.74, 6) is 0. The Morgan fingerprint density at radius 3 is 2.33 bits per heavy atom. The maximum Gasteiger partial charge on any atom is 0.379 e. The van der Waals surface area contributed by atoms with Crippen molar-refractivity contribution >= 4 is 6.29 Å². The minimum absolute atomic E-state index is 0.0200. The lowest BCUT2D eigenvalue weighted by Crippen LogP contribution is -2.37. The summed E-state index contributed by atoms with van der Waals surface area (Å²) in [5.41, 5.74) is 0. The maximum absolute atomic E-state index is 12.5. The van der Waals surface area contributed by atoms with Gasteiger partial charge in [0.15, 0.2) is 0 Å². The lowest BCUT2D eigenvalue weighted by atomic mass is 10.4. The van der Waals surface area contributed by atoms with E-state index < -0.39 is 6.04 Å². The molecule has 9 heavy (non-hydrogen) atoms. The minimum Gasteiger partial charge on any atom is -0.318 e. The summed E-state index contributed by atoms with van der Waals surface area (Å²) in [6.45, 7) is 0.491. The van der Waals surface area contributed by atoms with Crippen LogP contribution < -0.4 is 0 Å². The van der Waals surface area contributed by atoms with Gasteiger partial charge in [-0.25, -0.2) is 0 Å². The summed E-state index contributed by atoms with van der Waals surface area (Å²) in [4.78, 5) is 9.86. The van der Waals surface area contributed by atoms with E-state index in [4.69, 9.17) is 0 Å². The van der Waals surface area contributed by atoms with E-state index in [1.165, 1.54) is 0 Å². The van der Waals surface area contributed by atoms with Gasteiger partial charge in [0.1, 0.15) is 0 Å². The van der Waals surface area contributed by atoms with Crippen molar-refractivity contribution in [1.29, 1.82) is 0 Å².